The minimum absolute atomic E-state index is 0.0802. The van der Waals surface area contributed by atoms with Gasteiger partial charge in [0.1, 0.15) is 0 Å². The highest BCUT2D eigenvalue weighted by atomic mass is 15.4. The zero-order valence-electron chi connectivity index (χ0n) is 11.4. The van der Waals surface area contributed by atoms with Gasteiger partial charge in [0, 0.05) is 26.2 Å². The van der Waals surface area contributed by atoms with E-state index in [1.165, 1.54) is 0 Å². The number of anilines is 3. The van der Waals surface area contributed by atoms with Gasteiger partial charge < -0.3 is 9.80 Å². The van der Waals surface area contributed by atoms with Gasteiger partial charge >= 0.3 is 0 Å². The van der Waals surface area contributed by atoms with Gasteiger partial charge in [-0.1, -0.05) is 0 Å². The average molecular weight is 251 g/mol. The van der Waals surface area contributed by atoms with E-state index in [4.69, 9.17) is 5.84 Å². The Kier molecular flexibility index (Phi) is 3.25. The van der Waals surface area contributed by atoms with Crippen LogP contribution >= 0.6 is 0 Å². The molecule has 2 rings (SSSR count). The maximum absolute atomic E-state index is 5.41. The molecule has 0 aromatic carbocycles. The van der Waals surface area contributed by atoms with Gasteiger partial charge in [-0.2, -0.15) is 15.0 Å². The molecule has 1 fully saturated rings. The van der Waals surface area contributed by atoms with Crippen LogP contribution in [-0.2, 0) is 0 Å². The molecular formula is C11H21N7. The van der Waals surface area contributed by atoms with Crippen molar-refractivity contribution in [3.05, 3.63) is 0 Å². The number of aromatic nitrogens is 3. The molecule has 1 aromatic heterocycles. The number of hydrogen-bond acceptors (Lipinski definition) is 7. The Morgan fingerprint density at radius 1 is 1.28 bits per heavy atom. The van der Waals surface area contributed by atoms with Crippen LogP contribution in [0.2, 0.25) is 0 Å². The summed E-state index contributed by atoms with van der Waals surface area (Å²) in [7, 11) is 3.79. The lowest BCUT2D eigenvalue weighted by atomic mass is 10.0. The third kappa shape index (κ3) is 2.31. The van der Waals surface area contributed by atoms with Crippen molar-refractivity contribution in [2.45, 2.75) is 32.2 Å². The van der Waals surface area contributed by atoms with Crippen LogP contribution < -0.4 is 21.1 Å². The molecule has 0 aliphatic carbocycles. The van der Waals surface area contributed by atoms with Gasteiger partial charge in [-0.3, -0.25) is 5.43 Å². The van der Waals surface area contributed by atoms with Crippen LogP contribution in [0.3, 0.4) is 0 Å². The van der Waals surface area contributed by atoms with Gasteiger partial charge in [-0.25, -0.2) is 5.84 Å². The monoisotopic (exact) mass is 251 g/mol. The van der Waals surface area contributed by atoms with Gasteiger partial charge in [0.05, 0.1) is 0 Å². The summed E-state index contributed by atoms with van der Waals surface area (Å²) in [5.41, 5.74) is 2.58. The van der Waals surface area contributed by atoms with E-state index in [-0.39, 0.29) is 5.54 Å². The second kappa shape index (κ2) is 4.56. The standard InChI is InChI=1S/C11H21N7/c1-11(2)6-5-7-18(11)10-14-8(16-12)13-9(15-10)17(3)4/h5-7,12H2,1-4H3,(H,13,14,15,16). The molecule has 7 heteroatoms. The molecule has 0 atom stereocenters. The lowest BCUT2D eigenvalue weighted by Gasteiger charge is -2.32. The van der Waals surface area contributed by atoms with Crippen LogP contribution in [-0.4, -0.2) is 41.1 Å². The van der Waals surface area contributed by atoms with Gasteiger partial charge in [0.2, 0.25) is 17.8 Å². The molecule has 1 aliphatic rings. The van der Waals surface area contributed by atoms with Gasteiger partial charge in [-0.05, 0) is 26.7 Å². The molecule has 7 nitrogen and oxygen atoms in total. The fraction of sp³-hybridized carbons (Fsp3) is 0.727. The molecule has 0 amide bonds. The van der Waals surface area contributed by atoms with Crippen molar-refractivity contribution in [3.63, 3.8) is 0 Å². The molecule has 1 aliphatic heterocycles. The third-order valence-corrected chi connectivity index (χ3v) is 3.28. The van der Waals surface area contributed by atoms with E-state index in [0.717, 1.165) is 19.4 Å². The molecule has 1 aromatic rings. The van der Waals surface area contributed by atoms with E-state index in [9.17, 15) is 0 Å². The first-order valence-electron chi connectivity index (χ1n) is 6.12. The summed E-state index contributed by atoms with van der Waals surface area (Å²) >= 11 is 0. The highest BCUT2D eigenvalue weighted by Gasteiger charge is 2.34. The SMILES string of the molecule is CN(C)c1nc(NN)nc(N2CCCC2(C)C)n1. The van der Waals surface area contributed by atoms with Gasteiger partial charge in [-0.15, -0.1) is 0 Å². The van der Waals surface area contributed by atoms with Crippen LogP contribution in [0.4, 0.5) is 17.8 Å². The Bertz CT molecular complexity index is 429. The Balaban J connectivity index is 2.40. The molecule has 0 radical (unpaired) electrons. The van der Waals surface area contributed by atoms with Crippen LogP contribution in [0.15, 0.2) is 0 Å². The van der Waals surface area contributed by atoms with E-state index in [2.05, 4.69) is 39.1 Å². The number of nitrogen functional groups attached to an aromatic ring is 1. The second-order valence-electron chi connectivity index (χ2n) is 5.37. The predicted octanol–water partition coefficient (Wildman–Crippen LogP) is 0.602. The normalized spacial score (nSPS) is 17.9. The van der Waals surface area contributed by atoms with Crippen molar-refractivity contribution in [1.29, 1.82) is 0 Å². The van der Waals surface area contributed by atoms with Crippen LogP contribution in [0.5, 0.6) is 0 Å². The Morgan fingerprint density at radius 3 is 2.50 bits per heavy atom. The van der Waals surface area contributed by atoms with E-state index in [1.54, 1.807) is 0 Å². The molecule has 100 valence electrons. The molecular weight excluding hydrogens is 230 g/mol. The number of nitrogens with two attached hydrogens (primary N) is 1. The maximum Gasteiger partial charge on any atom is 0.243 e. The zero-order chi connectivity index (χ0) is 13.3. The number of nitrogens with one attached hydrogen (secondary N) is 1. The molecule has 0 spiro atoms. The molecule has 0 saturated carbocycles. The molecule has 0 bridgehead atoms. The summed E-state index contributed by atoms with van der Waals surface area (Å²) in [4.78, 5) is 17.1. The molecule has 3 N–H and O–H groups in total. The second-order valence-corrected chi connectivity index (χ2v) is 5.37. The third-order valence-electron chi connectivity index (χ3n) is 3.28. The number of hydrazine groups is 1. The molecule has 0 unspecified atom stereocenters. The number of rotatable bonds is 3. The minimum atomic E-state index is 0.0802. The van der Waals surface area contributed by atoms with Crippen LogP contribution in [0.25, 0.3) is 0 Å². The van der Waals surface area contributed by atoms with Crippen LogP contribution in [0.1, 0.15) is 26.7 Å². The Labute approximate surface area is 107 Å². The summed E-state index contributed by atoms with van der Waals surface area (Å²) < 4.78 is 0. The van der Waals surface area contributed by atoms with Crippen molar-refractivity contribution in [2.24, 2.45) is 5.84 Å². The minimum Gasteiger partial charge on any atom is -0.347 e. The highest BCUT2D eigenvalue weighted by molar-refractivity contribution is 5.46. The number of nitrogens with zero attached hydrogens (tertiary/aromatic N) is 5. The van der Waals surface area contributed by atoms with E-state index >= 15 is 0 Å². The Morgan fingerprint density at radius 2 is 2.00 bits per heavy atom. The molecule has 18 heavy (non-hydrogen) atoms. The fourth-order valence-corrected chi connectivity index (χ4v) is 2.22. The largest absolute Gasteiger partial charge is 0.347 e. The molecule has 1 saturated heterocycles. The van der Waals surface area contributed by atoms with Gasteiger partial charge in [0.25, 0.3) is 0 Å². The zero-order valence-corrected chi connectivity index (χ0v) is 11.4. The lowest BCUT2D eigenvalue weighted by Crippen LogP contribution is -2.39. The summed E-state index contributed by atoms with van der Waals surface area (Å²) in [5.74, 6) is 7.10. The highest BCUT2D eigenvalue weighted by Crippen LogP contribution is 2.32. The van der Waals surface area contributed by atoms with Crippen molar-refractivity contribution in [2.75, 3.05) is 35.9 Å². The summed E-state index contributed by atoms with van der Waals surface area (Å²) in [6.07, 6.45) is 2.29. The topological polar surface area (TPSA) is 83.2 Å². The van der Waals surface area contributed by atoms with Crippen LogP contribution in [0, 0.1) is 0 Å². The van der Waals surface area contributed by atoms with Crippen molar-refractivity contribution >= 4 is 17.8 Å². The van der Waals surface area contributed by atoms with Crippen molar-refractivity contribution in [1.82, 2.24) is 15.0 Å². The average Bonchev–Trinajstić information content (AvgIpc) is 2.68. The quantitative estimate of drug-likeness (QED) is 0.601. The first-order valence-corrected chi connectivity index (χ1v) is 6.12. The fourth-order valence-electron chi connectivity index (χ4n) is 2.22. The van der Waals surface area contributed by atoms with E-state index in [0.29, 0.717) is 17.8 Å². The Hall–Kier alpha value is -1.63. The first-order chi connectivity index (χ1) is 8.44. The van der Waals surface area contributed by atoms with Gasteiger partial charge in [0.15, 0.2) is 0 Å². The van der Waals surface area contributed by atoms with E-state index in [1.807, 2.05) is 19.0 Å². The lowest BCUT2D eigenvalue weighted by molar-refractivity contribution is 0.509. The maximum atomic E-state index is 5.41. The summed E-state index contributed by atoms with van der Waals surface area (Å²) in [5, 5.41) is 0. The van der Waals surface area contributed by atoms with Crippen molar-refractivity contribution in [3.8, 4) is 0 Å². The van der Waals surface area contributed by atoms with Crippen molar-refractivity contribution < 1.29 is 0 Å². The molecule has 2 heterocycles. The number of hydrogen-bond donors (Lipinski definition) is 2. The summed E-state index contributed by atoms with van der Waals surface area (Å²) in [6, 6.07) is 0. The summed E-state index contributed by atoms with van der Waals surface area (Å²) in [6.45, 7) is 5.37. The smallest absolute Gasteiger partial charge is 0.243 e. The first kappa shape index (κ1) is 12.8. The van der Waals surface area contributed by atoms with E-state index < -0.39 is 0 Å². The predicted molar refractivity (Wildman–Crippen MR) is 72.6 cm³/mol.